The zero-order valence-corrected chi connectivity index (χ0v) is 14.5. The van der Waals surface area contributed by atoms with Gasteiger partial charge in [0, 0.05) is 25.7 Å². The van der Waals surface area contributed by atoms with Crippen molar-refractivity contribution in [3.8, 4) is 0 Å². The third-order valence-electron chi connectivity index (χ3n) is 4.86. The molecule has 0 bridgehead atoms. The molecule has 0 radical (unpaired) electrons. The van der Waals surface area contributed by atoms with Gasteiger partial charge in [-0.15, -0.1) is 0 Å². The predicted molar refractivity (Wildman–Crippen MR) is 92.6 cm³/mol. The fourth-order valence-electron chi connectivity index (χ4n) is 3.35. The lowest BCUT2D eigenvalue weighted by Crippen LogP contribution is -2.47. The van der Waals surface area contributed by atoms with Gasteiger partial charge in [-0.2, -0.15) is 0 Å². The van der Waals surface area contributed by atoms with Gasteiger partial charge < -0.3 is 10.8 Å². The summed E-state index contributed by atoms with van der Waals surface area (Å²) in [6.45, 7) is 11.4. The molecule has 0 spiro atoms. The summed E-state index contributed by atoms with van der Waals surface area (Å²) in [7, 11) is 0. The minimum atomic E-state index is -0.261. The number of aryl methyl sites for hydroxylation is 1. The van der Waals surface area contributed by atoms with Crippen molar-refractivity contribution >= 4 is 0 Å². The van der Waals surface area contributed by atoms with Crippen LogP contribution in [0.2, 0.25) is 0 Å². The van der Waals surface area contributed by atoms with E-state index in [4.69, 9.17) is 5.73 Å². The number of aliphatic hydroxyl groups excluding tert-OH is 1. The van der Waals surface area contributed by atoms with Crippen molar-refractivity contribution in [3.63, 3.8) is 0 Å². The van der Waals surface area contributed by atoms with E-state index < -0.39 is 0 Å². The van der Waals surface area contributed by atoms with Crippen LogP contribution in [-0.4, -0.2) is 35.2 Å². The van der Waals surface area contributed by atoms with Gasteiger partial charge in [0.2, 0.25) is 0 Å². The molecule has 124 valence electrons. The van der Waals surface area contributed by atoms with E-state index in [9.17, 15) is 5.11 Å². The lowest BCUT2D eigenvalue weighted by atomic mass is 9.80. The molecule has 3 heteroatoms. The van der Waals surface area contributed by atoms with E-state index in [1.54, 1.807) is 0 Å². The van der Waals surface area contributed by atoms with Crippen molar-refractivity contribution in [2.24, 2.45) is 17.1 Å². The SMILES string of the molecule is Cc1ccccc1CN1CC(N)CC(CC(O)C(C)(C)C)C1. The van der Waals surface area contributed by atoms with E-state index in [2.05, 4.69) is 56.9 Å². The molecule has 3 N–H and O–H groups in total. The number of nitrogens with zero attached hydrogens (tertiary/aromatic N) is 1. The number of hydrogen-bond acceptors (Lipinski definition) is 3. The molecule has 0 saturated carbocycles. The van der Waals surface area contributed by atoms with Gasteiger partial charge in [0.05, 0.1) is 6.10 Å². The molecule has 22 heavy (non-hydrogen) atoms. The van der Waals surface area contributed by atoms with Crippen LogP contribution in [0.25, 0.3) is 0 Å². The Labute approximate surface area is 135 Å². The Hall–Kier alpha value is -0.900. The zero-order valence-electron chi connectivity index (χ0n) is 14.5. The first-order valence-corrected chi connectivity index (χ1v) is 8.46. The van der Waals surface area contributed by atoms with Crippen LogP contribution in [0.5, 0.6) is 0 Å². The Bertz CT molecular complexity index is 481. The first-order chi connectivity index (χ1) is 10.3. The Kier molecular flexibility index (Phi) is 5.65. The third kappa shape index (κ3) is 4.80. The van der Waals surface area contributed by atoms with Gasteiger partial charge in [0.15, 0.2) is 0 Å². The van der Waals surface area contributed by atoms with Crippen molar-refractivity contribution in [1.29, 1.82) is 0 Å². The van der Waals surface area contributed by atoms with Crippen LogP contribution < -0.4 is 5.73 Å². The summed E-state index contributed by atoms with van der Waals surface area (Å²) in [5.74, 6) is 0.488. The Morgan fingerprint density at radius 1 is 1.27 bits per heavy atom. The normalized spacial score (nSPS) is 25.2. The summed E-state index contributed by atoms with van der Waals surface area (Å²) in [6.07, 6.45) is 1.61. The summed E-state index contributed by atoms with van der Waals surface area (Å²) in [5, 5.41) is 10.4. The van der Waals surface area contributed by atoms with Gasteiger partial charge in [-0.05, 0) is 42.2 Å². The van der Waals surface area contributed by atoms with Gasteiger partial charge in [0.25, 0.3) is 0 Å². The molecule has 1 aromatic rings. The van der Waals surface area contributed by atoms with Crippen LogP contribution in [-0.2, 0) is 6.54 Å². The van der Waals surface area contributed by atoms with Crippen LogP contribution in [0.1, 0.15) is 44.7 Å². The summed E-state index contributed by atoms with van der Waals surface area (Å²) in [4.78, 5) is 2.45. The number of piperidine rings is 1. The molecule has 0 aliphatic carbocycles. The van der Waals surface area contributed by atoms with E-state index in [1.165, 1.54) is 11.1 Å². The maximum absolute atomic E-state index is 10.4. The fraction of sp³-hybridized carbons (Fsp3) is 0.684. The van der Waals surface area contributed by atoms with Crippen molar-refractivity contribution < 1.29 is 5.11 Å². The van der Waals surface area contributed by atoms with Gasteiger partial charge >= 0.3 is 0 Å². The minimum absolute atomic E-state index is 0.0532. The van der Waals surface area contributed by atoms with E-state index in [-0.39, 0.29) is 17.6 Å². The highest BCUT2D eigenvalue weighted by atomic mass is 16.3. The van der Waals surface area contributed by atoms with Crippen LogP contribution in [0.4, 0.5) is 0 Å². The molecule has 1 fully saturated rings. The number of hydrogen-bond donors (Lipinski definition) is 2. The number of nitrogens with two attached hydrogens (primary N) is 1. The number of likely N-dealkylation sites (tertiary alicyclic amines) is 1. The Morgan fingerprint density at radius 3 is 2.59 bits per heavy atom. The maximum atomic E-state index is 10.4. The fourth-order valence-corrected chi connectivity index (χ4v) is 3.35. The molecule has 1 heterocycles. The second-order valence-corrected chi connectivity index (χ2v) is 8.10. The maximum Gasteiger partial charge on any atom is 0.0591 e. The second kappa shape index (κ2) is 7.12. The molecule has 0 aromatic heterocycles. The molecule has 3 unspecified atom stereocenters. The molecular weight excluding hydrogens is 272 g/mol. The third-order valence-corrected chi connectivity index (χ3v) is 4.86. The first kappa shape index (κ1) is 17.5. The van der Waals surface area contributed by atoms with E-state index in [0.717, 1.165) is 32.5 Å². The molecule has 1 saturated heterocycles. The lowest BCUT2D eigenvalue weighted by Gasteiger charge is -2.39. The van der Waals surface area contributed by atoms with E-state index in [0.29, 0.717) is 5.92 Å². The predicted octanol–water partition coefficient (Wildman–Crippen LogP) is 2.94. The first-order valence-electron chi connectivity index (χ1n) is 8.46. The van der Waals surface area contributed by atoms with Gasteiger partial charge in [0.1, 0.15) is 0 Å². The highest BCUT2D eigenvalue weighted by molar-refractivity contribution is 5.25. The van der Waals surface area contributed by atoms with Crippen molar-refractivity contribution in [3.05, 3.63) is 35.4 Å². The summed E-state index contributed by atoms with van der Waals surface area (Å²) < 4.78 is 0. The summed E-state index contributed by atoms with van der Waals surface area (Å²) >= 11 is 0. The molecule has 1 aliphatic rings. The largest absolute Gasteiger partial charge is 0.393 e. The van der Waals surface area contributed by atoms with Gasteiger partial charge in [-0.25, -0.2) is 0 Å². The van der Waals surface area contributed by atoms with E-state index >= 15 is 0 Å². The summed E-state index contributed by atoms with van der Waals surface area (Å²) in [5.41, 5.74) is 8.94. The average Bonchev–Trinajstić information content (AvgIpc) is 2.39. The lowest BCUT2D eigenvalue weighted by molar-refractivity contribution is 0.0232. The van der Waals surface area contributed by atoms with E-state index in [1.807, 2.05) is 0 Å². The number of aliphatic hydroxyl groups is 1. The Morgan fingerprint density at radius 2 is 1.95 bits per heavy atom. The smallest absolute Gasteiger partial charge is 0.0591 e. The quantitative estimate of drug-likeness (QED) is 0.899. The van der Waals surface area contributed by atoms with Crippen LogP contribution in [0.15, 0.2) is 24.3 Å². The van der Waals surface area contributed by atoms with Gasteiger partial charge in [-0.3, -0.25) is 4.90 Å². The molecule has 1 aliphatic heterocycles. The van der Waals surface area contributed by atoms with Crippen molar-refractivity contribution in [2.45, 2.75) is 59.2 Å². The molecule has 3 nitrogen and oxygen atoms in total. The standard InChI is InChI=1S/C19H32N2O/c1-14-7-5-6-8-16(14)12-21-11-15(9-17(20)13-21)10-18(22)19(2,3)4/h5-8,15,17-18,22H,9-13,20H2,1-4H3. The molecule has 0 amide bonds. The summed E-state index contributed by atoms with van der Waals surface area (Å²) in [6, 6.07) is 8.78. The molecule has 1 aromatic carbocycles. The van der Waals surface area contributed by atoms with Crippen LogP contribution in [0.3, 0.4) is 0 Å². The van der Waals surface area contributed by atoms with Crippen molar-refractivity contribution in [1.82, 2.24) is 4.90 Å². The minimum Gasteiger partial charge on any atom is -0.393 e. The van der Waals surface area contributed by atoms with Crippen LogP contribution in [0, 0.1) is 18.3 Å². The topological polar surface area (TPSA) is 49.5 Å². The van der Waals surface area contributed by atoms with Crippen molar-refractivity contribution in [2.75, 3.05) is 13.1 Å². The molecule has 2 rings (SSSR count). The van der Waals surface area contributed by atoms with Crippen LogP contribution >= 0.6 is 0 Å². The monoisotopic (exact) mass is 304 g/mol. The molecular formula is C19H32N2O. The number of benzene rings is 1. The Balaban J connectivity index is 1.98. The zero-order chi connectivity index (χ0) is 16.3. The highest BCUT2D eigenvalue weighted by Gasteiger charge is 2.30. The number of rotatable bonds is 4. The van der Waals surface area contributed by atoms with Gasteiger partial charge in [-0.1, -0.05) is 45.0 Å². The molecule has 3 atom stereocenters. The average molecular weight is 304 g/mol. The second-order valence-electron chi connectivity index (χ2n) is 8.10. The highest BCUT2D eigenvalue weighted by Crippen LogP contribution is 2.29.